The van der Waals surface area contributed by atoms with Crippen LogP contribution in [-0.2, 0) is 4.79 Å². The second-order valence-electron chi connectivity index (χ2n) is 9.04. The van der Waals surface area contributed by atoms with Crippen LogP contribution in [0.15, 0.2) is 54.6 Å². The van der Waals surface area contributed by atoms with E-state index in [-0.39, 0.29) is 5.69 Å². The lowest BCUT2D eigenvalue weighted by Crippen LogP contribution is -2.64. The van der Waals surface area contributed by atoms with E-state index in [1.54, 1.807) is 24.3 Å². The molecule has 1 heterocycles. The number of rotatable bonds is 4. The number of para-hydroxylation sites is 1. The van der Waals surface area contributed by atoms with Crippen LogP contribution in [0.4, 0.5) is 18.9 Å². The number of carbonyl (C=O) groups excluding carboxylic acids is 1. The quantitative estimate of drug-likeness (QED) is 0.692. The molecule has 0 unspecified atom stereocenters. The van der Waals surface area contributed by atoms with Crippen molar-refractivity contribution in [1.29, 1.82) is 0 Å². The monoisotopic (exact) mass is 420 g/mol. The van der Waals surface area contributed by atoms with Crippen LogP contribution >= 0.6 is 0 Å². The third-order valence-corrected chi connectivity index (χ3v) is 5.09. The SMILES string of the molecule is CC1(C)CC(N(C(=O)C(F)(F)F)c2ccc(Oc3ccccc3)cc2)CC(C)(C)N1. The summed E-state index contributed by atoms with van der Waals surface area (Å²) in [5.41, 5.74) is -0.615. The molecule has 1 fully saturated rings. The van der Waals surface area contributed by atoms with Crippen LogP contribution in [0, 0.1) is 0 Å². The van der Waals surface area contributed by atoms with Crippen LogP contribution in [0.3, 0.4) is 0 Å². The maximum atomic E-state index is 13.5. The Balaban J connectivity index is 1.92. The van der Waals surface area contributed by atoms with Crippen LogP contribution < -0.4 is 15.0 Å². The van der Waals surface area contributed by atoms with Gasteiger partial charge in [-0.25, -0.2) is 0 Å². The Morgan fingerprint density at radius 2 is 1.43 bits per heavy atom. The van der Waals surface area contributed by atoms with Crippen LogP contribution in [0.1, 0.15) is 40.5 Å². The molecule has 1 aliphatic heterocycles. The van der Waals surface area contributed by atoms with E-state index < -0.39 is 29.2 Å². The zero-order valence-corrected chi connectivity index (χ0v) is 17.6. The molecular weight excluding hydrogens is 393 g/mol. The van der Waals surface area contributed by atoms with Crippen molar-refractivity contribution in [3.63, 3.8) is 0 Å². The Morgan fingerprint density at radius 1 is 0.933 bits per heavy atom. The number of piperidine rings is 1. The standard InChI is InChI=1S/C23H27F3N2O2/c1-21(2)14-17(15-22(3,4)27-21)28(20(29)23(24,25)26)16-10-12-19(13-11-16)30-18-8-6-5-7-9-18/h5-13,17,27H,14-15H2,1-4H3. The van der Waals surface area contributed by atoms with E-state index in [0.717, 1.165) is 4.90 Å². The minimum absolute atomic E-state index is 0.205. The number of carbonyl (C=O) groups is 1. The summed E-state index contributed by atoms with van der Waals surface area (Å²) in [7, 11) is 0. The highest BCUT2D eigenvalue weighted by Gasteiger charge is 2.49. The molecule has 1 amide bonds. The third-order valence-electron chi connectivity index (χ3n) is 5.09. The average molecular weight is 420 g/mol. The van der Waals surface area contributed by atoms with Crippen molar-refractivity contribution < 1.29 is 22.7 Å². The van der Waals surface area contributed by atoms with E-state index in [2.05, 4.69) is 5.32 Å². The number of nitrogens with zero attached hydrogens (tertiary/aromatic N) is 1. The Bertz CT molecular complexity index is 862. The van der Waals surface area contributed by atoms with Gasteiger partial charge in [0, 0.05) is 22.8 Å². The fraction of sp³-hybridized carbons (Fsp3) is 0.435. The molecular formula is C23H27F3N2O2. The molecule has 1 N–H and O–H groups in total. The van der Waals surface area contributed by atoms with E-state index in [1.165, 1.54) is 12.1 Å². The molecule has 0 radical (unpaired) electrons. The number of hydrogen-bond acceptors (Lipinski definition) is 3. The highest BCUT2D eigenvalue weighted by molar-refractivity contribution is 5.98. The molecule has 7 heteroatoms. The number of halogens is 3. The normalized spacial score (nSPS) is 18.6. The van der Waals surface area contributed by atoms with Gasteiger partial charge >= 0.3 is 12.1 Å². The summed E-state index contributed by atoms with van der Waals surface area (Å²) in [4.78, 5) is 13.3. The zero-order chi connectivity index (χ0) is 22.2. The lowest BCUT2D eigenvalue weighted by Gasteiger charge is -2.49. The molecule has 4 nitrogen and oxygen atoms in total. The van der Waals surface area contributed by atoms with E-state index in [4.69, 9.17) is 4.74 Å². The van der Waals surface area contributed by atoms with E-state index in [0.29, 0.717) is 24.3 Å². The predicted octanol–water partition coefficient (Wildman–Crippen LogP) is 5.68. The maximum Gasteiger partial charge on any atom is 0.471 e. The van der Waals surface area contributed by atoms with Gasteiger partial charge in [-0.15, -0.1) is 0 Å². The van der Waals surface area contributed by atoms with Gasteiger partial charge in [-0.2, -0.15) is 13.2 Å². The largest absolute Gasteiger partial charge is 0.471 e. The summed E-state index contributed by atoms with van der Waals surface area (Å²) < 4.78 is 46.1. The predicted molar refractivity (Wildman–Crippen MR) is 111 cm³/mol. The molecule has 0 aliphatic carbocycles. The first-order valence-electron chi connectivity index (χ1n) is 9.89. The number of amides is 1. The summed E-state index contributed by atoms with van der Waals surface area (Å²) in [5.74, 6) is -0.747. The summed E-state index contributed by atoms with van der Waals surface area (Å²) >= 11 is 0. The summed E-state index contributed by atoms with van der Waals surface area (Å²) in [6.07, 6.45) is -4.15. The van der Waals surface area contributed by atoms with Gasteiger partial charge in [-0.05, 0) is 76.9 Å². The molecule has 3 rings (SSSR count). The molecule has 0 atom stereocenters. The van der Waals surface area contributed by atoms with E-state index in [9.17, 15) is 18.0 Å². The van der Waals surface area contributed by atoms with E-state index in [1.807, 2.05) is 45.9 Å². The Kier molecular flexibility index (Phi) is 5.87. The van der Waals surface area contributed by atoms with Gasteiger partial charge in [-0.3, -0.25) is 4.79 Å². The van der Waals surface area contributed by atoms with Crippen molar-refractivity contribution in [3.05, 3.63) is 54.6 Å². The average Bonchev–Trinajstić information content (AvgIpc) is 2.61. The fourth-order valence-electron chi connectivity index (χ4n) is 4.38. The first kappa shape index (κ1) is 22.2. The Morgan fingerprint density at radius 3 is 1.93 bits per heavy atom. The molecule has 0 spiro atoms. The highest BCUT2D eigenvalue weighted by atomic mass is 19.4. The van der Waals surface area contributed by atoms with Gasteiger partial charge in [0.25, 0.3) is 0 Å². The molecule has 0 bridgehead atoms. The second-order valence-corrected chi connectivity index (χ2v) is 9.04. The molecule has 1 saturated heterocycles. The number of ether oxygens (including phenoxy) is 1. The van der Waals surface area contributed by atoms with Crippen molar-refractivity contribution in [2.75, 3.05) is 4.90 Å². The number of nitrogens with one attached hydrogen (secondary N) is 1. The van der Waals surface area contributed by atoms with Gasteiger partial charge < -0.3 is 15.0 Å². The van der Waals surface area contributed by atoms with Crippen LogP contribution in [0.25, 0.3) is 0 Å². The van der Waals surface area contributed by atoms with Gasteiger partial charge in [0.15, 0.2) is 0 Å². The summed E-state index contributed by atoms with van der Waals surface area (Å²) in [6.45, 7) is 7.75. The molecule has 162 valence electrons. The number of alkyl halides is 3. The molecule has 30 heavy (non-hydrogen) atoms. The smallest absolute Gasteiger partial charge is 0.457 e. The molecule has 0 aromatic heterocycles. The fourth-order valence-corrected chi connectivity index (χ4v) is 4.38. The van der Waals surface area contributed by atoms with Crippen LogP contribution in [0.5, 0.6) is 11.5 Å². The maximum absolute atomic E-state index is 13.5. The Labute approximate surface area is 175 Å². The minimum atomic E-state index is -4.96. The minimum Gasteiger partial charge on any atom is -0.457 e. The number of anilines is 1. The second kappa shape index (κ2) is 7.95. The molecule has 1 aliphatic rings. The highest BCUT2D eigenvalue weighted by Crippen LogP contribution is 2.37. The lowest BCUT2D eigenvalue weighted by atomic mass is 9.78. The lowest BCUT2D eigenvalue weighted by molar-refractivity contribution is -0.171. The van der Waals surface area contributed by atoms with Gasteiger partial charge in [0.2, 0.25) is 0 Å². The topological polar surface area (TPSA) is 41.6 Å². The first-order chi connectivity index (χ1) is 13.9. The number of benzene rings is 2. The van der Waals surface area contributed by atoms with Crippen LogP contribution in [-0.4, -0.2) is 29.2 Å². The van der Waals surface area contributed by atoms with Gasteiger partial charge in [0.1, 0.15) is 11.5 Å². The van der Waals surface area contributed by atoms with Crippen molar-refractivity contribution in [1.82, 2.24) is 5.32 Å². The van der Waals surface area contributed by atoms with Crippen molar-refractivity contribution in [2.24, 2.45) is 0 Å². The summed E-state index contributed by atoms with van der Waals surface area (Å²) in [5, 5.41) is 3.44. The van der Waals surface area contributed by atoms with E-state index >= 15 is 0 Å². The zero-order valence-electron chi connectivity index (χ0n) is 17.6. The number of hydrogen-bond donors (Lipinski definition) is 1. The van der Waals surface area contributed by atoms with Crippen molar-refractivity contribution >= 4 is 11.6 Å². The molecule has 0 saturated carbocycles. The molecule has 2 aromatic rings. The van der Waals surface area contributed by atoms with Gasteiger partial charge in [0.05, 0.1) is 0 Å². The molecule has 2 aromatic carbocycles. The van der Waals surface area contributed by atoms with Crippen molar-refractivity contribution in [2.45, 2.75) is 63.8 Å². The first-order valence-corrected chi connectivity index (χ1v) is 9.89. The summed E-state index contributed by atoms with van der Waals surface area (Å²) in [6, 6.07) is 14.7. The third kappa shape index (κ3) is 5.33. The van der Waals surface area contributed by atoms with Gasteiger partial charge in [-0.1, -0.05) is 18.2 Å². The van der Waals surface area contributed by atoms with Crippen LogP contribution in [0.2, 0.25) is 0 Å². The Hall–Kier alpha value is -2.54. The van der Waals surface area contributed by atoms with Crippen molar-refractivity contribution in [3.8, 4) is 11.5 Å².